The van der Waals surface area contributed by atoms with Gasteiger partial charge in [0.1, 0.15) is 0 Å². The highest BCUT2D eigenvalue weighted by molar-refractivity contribution is 5.41. The molecule has 1 aliphatic carbocycles. The fourth-order valence-corrected chi connectivity index (χ4v) is 1.42. The lowest BCUT2D eigenvalue weighted by molar-refractivity contribution is -0.470. The first-order valence-electron chi connectivity index (χ1n) is 4.56. The Bertz CT molecular complexity index is 391. The zero-order chi connectivity index (χ0) is 12.3. The van der Waals surface area contributed by atoms with Crippen LogP contribution in [-0.2, 0) is 0 Å². The number of nitrogens with zero attached hydrogens (tertiary/aromatic N) is 1. The largest absolute Gasteiger partial charge is 0.416 e. The maximum Gasteiger partial charge on any atom is 0.416 e. The Morgan fingerprint density at radius 3 is 2.62 bits per heavy atom. The highest BCUT2D eigenvalue weighted by atomic mass is 19.4. The number of rotatable bonds is 2. The summed E-state index contributed by atoms with van der Waals surface area (Å²) in [6.07, 6.45) is -0.525. The van der Waals surface area contributed by atoms with Gasteiger partial charge >= 0.3 is 6.18 Å². The quantitative estimate of drug-likeness (QED) is 0.543. The first-order valence-corrected chi connectivity index (χ1v) is 4.56. The highest BCUT2D eigenvalue weighted by Crippen LogP contribution is 2.32. The summed E-state index contributed by atoms with van der Waals surface area (Å²) in [7, 11) is 0. The van der Waals surface area contributed by atoms with Gasteiger partial charge in [0.25, 0.3) is 0 Å². The van der Waals surface area contributed by atoms with E-state index >= 15 is 0 Å². The zero-order valence-electron chi connectivity index (χ0n) is 8.54. The SMILES string of the molecule is CC1=CC(C(F)(F)F)=C(C[N+](=O)[O-])C=CC1. The molecule has 0 heterocycles. The summed E-state index contributed by atoms with van der Waals surface area (Å²) in [5.74, 6) is 0. The maximum atomic E-state index is 12.6. The van der Waals surface area contributed by atoms with Crippen molar-refractivity contribution in [2.45, 2.75) is 19.5 Å². The van der Waals surface area contributed by atoms with Crippen molar-refractivity contribution in [3.05, 3.63) is 45.1 Å². The molecule has 0 amide bonds. The van der Waals surface area contributed by atoms with Crippen molar-refractivity contribution in [2.24, 2.45) is 0 Å². The average Bonchev–Trinajstić information content (AvgIpc) is 2.26. The second-order valence-corrected chi connectivity index (χ2v) is 3.52. The summed E-state index contributed by atoms with van der Waals surface area (Å²) in [5, 5.41) is 10.3. The van der Waals surface area contributed by atoms with Gasteiger partial charge in [-0.05, 0) is 13.3 Å². The normalized spacial score (nSPS) is 17.1. The number of alkyl halides is 3. The summed E-state index contributed by atoms with van der Waals surface area (Å²) in [6, 6.07) is 0. The molecule has 16 heavy (non-hydrogen) atoms. The van der Waals surface area contributed by atoms with Crippen LogP contribution in [0, 0.1) is 10.1 Å². The van der Waals surface area contributed by atoms with E-state index in [1.807, 2.05) is 0 Å². The van der Waals surface area contributed by atoms with Crippen molar-refractivity contribution < 1.29 is 18.1 Å². The lowest BCUT2D eigenvalue weighted by Crippen LogP contribution is -2.16. The van der Waals surface area contributed by atoms with Gasteiger partial charge in [0.05, 0.1) is 5.57 Å². The summed E-state index contributed by atoms with van der Waals surface area (Å²) in [4.78, 5) is 9.52. The molecule has 1 rings (SSSR count). The highest BCUT2D eigenvalue weighted by Gasteiger charge is 2.35. The van der Waals surface area contributed by atoms with Gasteiger partial charge < -0.3 is 0 Å². The first-order chi connectivity index (χ1) is 7.30. The predicted octanol–water partition coefficient (Wildman–Crippen LogP) is 3.03. The van der Waals surface area contributed by atoms with Gasteiger partial charge in [0, 0.05) is 10.5 Å². The molecule has 0 aliphatic heterocycles. The molecule has 0 atom stereocenters. The van der Waals surface area contributed by atoms with E-state index in [9.17, 15) is 23.3 Å². The van der Waals surface area contributed by atoms with Crippen molar-refractivity contribution in [2.75, 3.05) is 6.54 Å². The summed E-state index contributed by atoms with van der Waals surface area (Å²) in [6.45, 7) is 0.750. The number of allylic oxidation sites excluding steroid dienone is 4. The molecule has 0 saturated heterocycles. The lowest BCUT2D eigenvalue weighted by Gasteiger charge is -2.10. The molecule has 0 aromatic rings. The maximum absolute atomic E-state index is 12.6. The van der Waals surface area contributed by atoms with E-state index in [0.29, 0.717) is 12.0 Å². The minimum absolute atomic E-state index is 0.297. The monoisotopic (exact) mass is 233 g/mol. The molecule has 0 radical (unpaired) electrons. The van der Waals surface area contributed by atoms with Crippen molar-refractivity contribution in [1.29, 1.82) is 0 Å². The second kappa shape index (κ2) is 4.51. The van der Waals surface area contributed by atoms with Crippen LogP contribution in [0.3, 0.4) is 0 Å². The second-order valence-electron chi connectivity index (χ2n) is 3.52. The van der Waals surface area contributed by atoms with Gasteiger partial charge in [-0.3, -0.25) is 10.1 Å². The Morgan fingerprint density at radius 2 is 2.12 bits per heavy atom. The van der Waals surface area contributed by atoms with Gasteiger partial charge in [0.15, 0.2) is 0 Å². The van der Waals surface area contributed by atoms with Gasteiger partial charge in [-0.1, -0.05) is 23.8 Å². The number of hydrogen-bond acceptors (Lipinski definition) is 2. The van der Waals surface area contributed by atoms with Crippen LogP contribution < -0.4 is 0 Å². The minimum Gasteiger partial charge on any atom is -0.264 e. The van der Waals surface area contributed by atoms with Gasteiger partial charge in [0.2, 0.25) is 6.54 Å². The number of hydrogen-bond donors (Lipinski definition) is 0. The van der Waals surface area contributed by atoms with Crippen LogP contribution in [0.15, 0.2) is 34.9 Å². The molecule has 0 spiro atoms. The van der Waals surface area contributed by atoms with Crippen LogP contribution in [0.1, 0.15) is 13.3 Å². The van der Waals surface area contributed by atoms with Crippen molar-refractivity contribution in [3.8, 4) is 0 Å². The molecule has 0 bridgehead atoms. The Morgan fingerprint density at radius 1 is 1.50 bits per heavy atom. The lowest BCUT2D eigenvalue weighted by atomic mass is 10.1. The standard InChI is InChI=1S/C10H10F3NO2/c1-7-3-2-4-8(6-14(15)16)9(5-7)10(11,12)13/h2,4-5H,3,6H2,1H3. The summed E-state index contributed by atoms with van der Waals surface area (Å²) in [5.41, 5.74) is -0.688. The third-order valence-electron chi connectivity index (χ3n) is 2.10. The molecule has 6 heteroatoms. The van der Waals surface area contributed by atoms with Gasteiger partial charge in [-0.15, -0.1) is 0 Å². The van der Waals surface area contributed by atoms with Crippen LogP contribution in [0.5, 0.6) is 0 Å². The number of halogens is 3. The molecule has 0 saturated carbocycles. The van der Waals surface area contributed by atoms with E-state index < -0.39 is 23.2 Å². The van der Waals surface area contributed by atoms with Crippen LogP contribution in [0.2, 0.25) is 0 Å². The molecule has 3 nitrogen and oxygen atoms in total. The molecule has 1 aliphatic rings. The minimum atomic E-state index is -4.55. The third-order valence-corrected chi connectivity index (χ3v) is 2.10. The Balaban J connectivity index is 3.23. The molecule has 0 aromatic heterocycles. The van der Waals surface area contributed by atoms with Crippen LogP contribution in [-0.4, -0.2) is 17.6 Å². The fraction of sp³-hybridized carbons (Fsp3) is 0.400. The van der Waals surface area contributed by atoms with Crippen molar-refractivity contribution in [3.63, 3.8) is 0 Å². The molecule has 0 N–H and O–H groups in total. The van der Waals surface area contributed by atoms with Crippen molar-refractivity contribution in [1.82, 2.24) is 0 Å². The van der Waals surface area contributed by atoms with Crippen LogP contribution in [0.25, 0.3) is 0 Å². The van der Waals surface area contributed by atoms with Crippen molar-refractivity contribution >= 4 is 0 Å². The smallest absolute Gasteiger partial charge is 0.264 e. The van der Waals surface area contributed by atoms with Gasteiger partial charge in [-0.25, -0.2) is 0 Å². The molecular weight excluding hydrogens is 223 g/mol. The van der Waals surface area contributed by atoms with E-state index in [4.69, 9.17) is 0 Å². The van der Waals surface area contributed by atoms with E-state index in [2.05, 4.69) is 0 Å². The van der Waals surface area contributed by atoms with Crippen LogP contribution >= 0.6 is 0 Å². The summed E-state index contributed by atoms with van der Waals surface area (Å²) < 4.78 is 37.9. The molecule has 0 fully saturated rings. The first kappa shape index (κ1) is 12.5. The zero-order valence-corrected chi connectivity index (χ0v) is 8.54. The average molecular weight is 233 g/mol. The van der Waals surface area contributed by atoms with E-state index in [1.54, 1.807) is 6.92 Å². The Hall–Kier alpha value is -1.59. The molecule has 0 unspecified atom stereocenters. The molecule has 88 valence electrons. The van der Waals surface area contributed by atoms with Crippen LogP contribution in [0.4, 0.5) is 13.2 Å². The third kappa shape index (κ3) is 3.22. The summed E-state index contributed by atoms with van der Waals surface area (Å²) >= 11 is 0. The molecule has 0 aromatic carbocycles. The van der Waals surface area contributed by atoms with E-state index in [1.165, 1.54) is 12.2 Å². The topological polar surface area (TPSA) is 43.1 Å². The van der Waals surface area contributed by atoms with Gasteiger partial charge in [-0.2, -0.15) is 13.2 Å². The Kier molecular flexibility index (Phi) is 3.51. The fourth-order valence-electron chi connectivity index (χ4n) is 1.42. The van der Waals surface area contributed by atoms with E-state index in [-0.39, 0.29) is 5.57 Å². The Labute approximate surface area is 90.1 Å². The predicted molar refractivity (Wildman–Crippen MR) is 52.5 cm³/mol. The number of nitro groups is 1. The van der Waals surface area contributed by atoms with E-state index in [0.717, 1.165) is 6.08 Å². The molecular formula is C10H10F3NO2.